The van der Waals surface area contributed by atoms with E-state index in [0.29, 0.717) is 0 Å². The number of rotatable bonds is 2. The van der Waals surface area contributed by atoms with Gasteiger partial charge in [0.1, 0.15) is 5.60 Å². The number of piperazine rings is 2. The number of ether oxygens (including phenoxy) is 3. The zero-order valence-electron chi connectivity index (χ0n) is 40.0. The lowest BCUT2D eigenvalue weighted by Crippen LogP contribution is -2.54. The molecule has 0 aromatic rings. The summed E-state index contributed by atoms with van der Waals surface area (Å²) in [4.78, 5) is 42.2. The van der Waals surface area contributed by atoms with Crippen LogP contribution in [0, 0.1) is 0 Å². The number of halogens is 15. The highest BCUT2D eigenvalue weighted by atomic mass is 19.4. The Morgan fingerprint density at radius 3 is 1.08 bits per heavy atom. The molecule has 0 aromatic carbocycles. The number of carbonyl (C=O) groups excluding carboxylic acids is 3. The van der Waals surface area contributed by atoms with Crippen molar-refractivity contribution in [1.29, 1.82) is 0 Å². The van der Waals surface area contributed by atoms with Crippen molar-refractivity contribution in [2.75, 3.05) is 52.0 Å². The van der Waals surface area contributed by atoms with E-state index in [2.05, 4.69) is 9.47 Å². The van der Waals surface area contributed by atoms with Gasteiger partial charge in [-0.3, -0.25) is 0 Å². The highest BCUT2D eigenvalue weighted by Crippen LogP contribution is 2.37. The van der Waals surface area contributed by atoms with E-state index < -0.39 is 140 Å². The van der Waals surface area contributed by atoms with Gasteiger partial charge in [-0.1, -0.05) is 0 Å². The third-order valence-corrected chi connectivity index (χ3v) is 3.82. The Bertz CT molecular complexity index is 1730. The molecule has 50 heavy (non-hydrogen) atoms. The van der Waals surface area contributed by atoms with Gasteiger partial charge in [0.25, 0.3) is 12.2 Å². The number of amides is 3. The number of aliphatic carboxylic acids is 1. The van der Waals surface area contributed by atoms with Crippen molar-refractivity contribution in [3.63, 3.8) is 0 Å². The largest absolute Gasteiger partial charge is 0.490 e. The van der Waals surface area contributed by atoms with E-state index in [1.165, 1.54) is 26.1 Å². The van der Waals surface area contributed by atoms with Crippen LogP contribution in [-0.4, -0.2) is 145 Å². The molecular formula is C23H29F15N4O8. The number of hydrogen-bond acceptors (Lipinski definition) is 8. The van der Waals surface area contributed by atoms with E-state index >= 15 is 0 Å². The zero-order chi connectivity index (χ0) is 54.0. The fourth-order valence-electron chi connectivity index (χ4n) is 2.01. The second-order valence-corrected chi connectivity index (χ2v) is 9.03. The summed E-state index contributed by atoms with van der Waals surface area (Å²) in [6.07, 6.45) is -47.6. The topological polar surface area (TPSA) is 138 Å². The summed E-state index contributed by atoms with van der Waals surface area (Å²) in [7, 11) is 0. The van der Waals surface area contributed by atoms with Crippen LogP contribution in [0.4, 0.5) is 80.2 Å². The molecule has 2 aliphatic rings. The van der Waals surface area contributed by atoms with E-state index in [9.17, 15) is 80.2 Å². The molecule has 27 heteroatoms. The third kappa shape index (κ3) is 17.2. The Balaban J connectivity index is 0.00000114. The van der Waals surface area contributed by atoms with Gasteiger partial charge in [-0.15, -0.1) is 0 Å². The van der Waals surface area contributed by atoms with E-state index in [1.54, 1.807) is 0 Å². The Morgan fingerprint density at radius 2 is 0.840 bits per heavy atom. The fraction of sp³-hybridized carbons (Fsp3) is 0.826. The van der Waals surface area contributed by atoms with Gasteiger partial charge in [-0.05, 0) is 20.8 Å². The molecule has 0 bridgehead atoms. The second-order valence-electron chi connectivity index (χ2n) is 9.03. The molecule has 3 amide bonds. The zero-order valence-corrected chi connectivity index (χ0v) is 24.0. The van der Waals surface area contributed by atoms with E-state index in [1.807, 2.05) is 0 Å². The lowest BCUT2D eigenvalue weighted by molar-refractivity contribution is -0.309. The van der Waals surface area contributed by atoms with Crippen molar-refractivity contribution in [1.82, 2.24) is 20.0 Å². The quantitative estimate of drug-likeness (QED) is 0.281. The van der Waals surface area contributed by atoms with Gasteiger partial charge >= 0.3 is 55.1 Å². The molecule has 12 nitrogen and oxygen atoms in total. The molecule has 2 rings (SSSR count). The first-order chi connectivity index (χ1) is 28.2. The SMILES string of the molecule is O=C(O)C(F)(F)F.[2H]C1([2H])N(C(=O)OC(C(F)(F)F)C(F)(F)F)C([2H])([2H])C([2H])([2H])N(C(=O)OC(C)(C)C)C1([2H])[2H].[2H]C1([2H])NC([2H])([2H])C([2H])([2H])N(C(=O)OC(C(F)(F)F)C(F)(F)F)C1([2H])[2H]. The molecule has 0 aliphatic carbocycles. The minimum absolute atomic E-state index is 0.708. The lowest BCUT2D eigenvalue weighted by atomic mass is 10.2. The van der Waals surface area contributed by atoms with E-state index in [4.69, 9.17) is 36.6 Å². The number of carboxylic acids is 1. The number of carbonyl (C=O) groups is 4. The molecule has 0 spiro atoms. The Labute approximate surface area is 293 Å². The summed E-state index contributed by atoms with van der Waals surface area (Å²) in [6, 6.07) is 0. The number of carboxylic acid groups (broad SMARTS) is 1. The number of alkyl halides is 15. The van der Waals surface area contributed by atoms with Gasteiger partial charge in [0, 0.05) is 57.5 Å². The first-order valence-electron chi connectivity index (χ1n) is 19.6. The van der Waals surface area contributed by atoms with Crippen molar-refractivity contribution in [3.05, 3.63) is 0 Å². The fourth-order valence-corrected chi connectivity index (χ4v) is 2.01. The smallest absolute Gasteiger partial charge is 0.475 e. The first kappa shape index (κ1) is 25.2. The average molecular weight is 791 g/mol. The number of hydrogen-bond donors (Lipinski definition) is 2. The van der Waals surface area contributed by atoms with Gasteiger partial charge in [-0.25, -0.2) is 19.2 Å². The summed E-state index contributed by atoms with van der Waals surface area (Å²) in [5.41, 5.74) is -1.45. The third-order valence-electron chi connectivity index (χ3n) is 3.82. The van der Waals surface area contributed by atoms with Crippen molar-refractivity contribution in [3.8, 4) is 0 Å². The predicted molar refractivity (Wildman–Crippen MR) is 132 cm³/mol. The minimum Gasteiger partial charge on any atom is -0.475 e. The molecular weight excluding hydrogens is 745 g/mol. The highest BCUT2D eigenvalue weighted by Gasteiger charge is 2.61. The summed E-state index contributed by atoms with van der Waals surface area (Å²) < 4.78 is 315. The summed E-state index contributed by atoms with van der Waals surface area (Å²) >= 11 is 0. The van der Waals surface area contributed by atoms with Crippen LogP contribution in [0.5, 0.6) is 0 Å². The van der Waals surface area contributed by atoms with E-state index in [0.717, 1.165) is 0 Å². The van der Waals surface area contributed by atoms with Crippen molar-refractivity contribution < 1.29 is 126 Å². The van der Waals surface area contributed by atoms with Crippen LogP contribution in [0.15, 0.2) is 0 Å². The molecule has 2 N–H and O–H groups in total. The van der Waals surface area contributed by atoms with Crippen LogP contribution in [0.25, 0.3) is 0 Å². The average Bonchev–Trinajstić information content (AvgIpc) is 2.97. The van der Waals surface area contributed by atoms with Gasteiger partial charge < -0.3 is 39.3 Å². The Hall–Kier alpha value is -3.81. The summed E-state index contributed by atoms with van der Waals surface area (Å²) in [6.45, 7) is -28.1. The summed E-state index contributed by atoms with van der Waals surface area (Å²) in [5, 5.41) is 8.36. The van der Waals surface area contributed by atoms with Gasteiger partial charge in [0.2, 0.25) is 0 Å². The molecule has 2 aliphatic heterocycles. The second kappa shape index (κ2) is 17.4. The molecule has 2 heterocycles. The molecule has 0 aromatic heterocycles. The minimum atomic E-state index is -6.29. The van der Waals surface area contributed by atoms with Crippen molar-refractivity contribution in [2.45, 2.75) is 69.5 Å². The van der Waals surface area contributed by atoms with Crippen LogP contribution >= 0.6 is 0 Å². The van der Waals surface area contributed by atoms with Crippen LogP contribution in [-0.2, 0) is 19.0 Å². The van der Waals surface area contributed by atoms with E-state index in [-0.39, 0.29) is 0 Å². The molecule has 294 valence electrons. The van der Waals surface area contributed by atoms with Gasteiger partial charge in [0.15, 0.2) is 0 Å². The standard InChI is InChI=1S/C13H18F6N2O4.C8H10F6N2O2.C2HF3O2/c1-11(2,3)25-10(23)21-6-4-20(5-7-21)9(22)24-8(12(14,15)16)13(17,18)19;9-7(10,11)5(8(12,13)14)18-6(17)16-3-1-15-2-4-16;3-2(4,5)1(6)7/h8H,4-7H2,1-3H3;5,15H,1-4H2;(H,6,7)/i4D2,5D2,6D2,7D2;1D2,2D2,3D2,4D2;. The Morgan fingerprint density at radius 1 is 0.580 bits per heavy atom. The molecule has 0 atom stereocenters. The maximum Gasteiger partial charge on any atom is 0.490 e. The maximum absolute atomic E-state index is 12.7. The van der Waals surface area contributed by atoms with Crippen LogP contribution in [0.1, 0.15) is 42.7 Å². The summed E-state index contributed by atoms with van der Waals surface area (Å²) in [5.74, 6) is -2.76. The van der Waals surface area contributed by atoms with Crippen LogP contribution in [0.3, 0.4) is 0 Å². The highest BCUT2D eigenvalue weighted by molar-refractivity contribution is 5.73. The monoisotopic (exact) mass is 790 g/mol. The van der Waals surface area contributed by atoms with Crippen molar-refractivity contribution in [2.24, 2.45) is 0 Å². The maximum atomic E-state index is 12.7. The molecule has 0 unspecified atom stereocenters. The van der Waals surface area contributed by atoms with Crippen LogP contribution < -0.4 is 5.32 Å². The lowest BCUT2D eigenvalue weighted by Gasteiger charge is -2.35. The number of nitrogens with one attached hydrogen (secondary N) is 1. The molecule has 2 fully saturated rings. The Kier molecular flexibility index (Phi) is 8.77. The van der Waals surface area contributed by atoms with Gasteiger partial charge in [0.05, 0.1) is 16.4 Å². The van der Waals surface area contributed by atoms with Crippen molar-refractivity contribution >= 4 is 24.2 Å². The normalized spacial score (nSPS) is 29.3. The first-order valence-corrected chi connectivity index (χ1v) is 11.6. The molecule has 0 radical (unpaired) electrons. The van der Waals surface area contributed by atoms with Gasteiger partial charge in [-0.2, -0.15) is 65.9 Å². The predicted octanol–water partition coefficient (Wildman–Crippen LogP) is 5.32. The van der Waals surface area contributed by atoms with Crippen LogP contribution in [0.2, 0.25) is 0 Å². The molecule has 2 saturated heterocycles. The number of nitrogens with zero attached hydrogens (tertiary/aromatic N) is 3. The molecule has 0 saturated carbocycles.